The minimum absolute atomic E-state index is 0.0296. The summed E-state index contributed by atoms with van der Waals surface area (Å²) in [5.41, 5.74) is 0.359. The van der Waals surface area contributed by atoms with Gasteiger partial charge in [-0.3, -0.25) is 14.6 Å². The molecule has 0 saturated carbocycles. The normalized spacial score (nSPS) is 14.4. The van der Waals surface area contributed by atoms with Crippen molar-refractivity contribution in [3.05, 3.63) is 59.0 Å². The number of methoxy groups -OCH3 is 1. The highest BCUT2D eigenvalue weighted by Crippen LogP contribution is 2.26. The molecule has 1 fully saturated rings. The van der Waals surface area contributed by atoms with E-state index in [1.54, 1.807) is 23.4 Å². The number of hydrogen-bond donors (Lipinski definition) is 1. The number of fused-ring (bicyclic) bond motifs is 1. The van der Waals surface area contributed by atoms with Crippen LogP contribution < -0.4 is 10.1 Å². The fourth-order valence-electron chi connectivity index (χ4n) is 4.25. The number of carbonyl (C=O) groups excluding carboxylic acids is 2. The number of nitrogens with one attached hydrogen (secondary N) is 1. The molecule has 0 unspecified atom stereocenters. The zero-order valence-electron chi connectivity index (χ0n) is 18.7. The first-order valence-corrected chi connectivity index (χ1v) is 12.1. The number of pyridine rings is 1. The third kappa shape index (κ3) is 5.68. The Bertz CT molecular complexity index is 1090. The van der Waals surface area contributed by atoms with E-state index in [0.717, 1.165) is 42.2 Å². The molecule has 0 spiro atoms. The van der Waals surface area contributed by atoms with Crippen LogP contribution in [0.15, 0.2) is 42.7 Å². The Morgan fingerprint density at radius 2 is 2.03 bits per heavy atom. The van der Waals surface area contributed by atoms with Crippen LogP contribution in [-0.4, -0.2) is 48.4 Å². The van der Waals surface area contributed by atoms with Crippen LogP contribution in [0.25, 0.3) is 10.1 Å². The molecule has 2 amide bonds. The summed E-state index contributed by atoms with van der Waals surface area (Å²) in [6.07, 6.45) is 8.48. The van der Waals surface area contributed by atoms with Gasteiger partial charge in [0.2, 0.25) is 0 Å². The number of likely N-dealkylation sites (tertiary alicyclic amines) is 1. The molecule has 0 aliphatic carbocycles. The summed E-state index contributed by atoms with van der Waals surface area (Å²) in [6.45, 7) is 2.04. The molecule has 1 saturated heterocycles. The first kappa shape index (κ1) is 23.2. The number of ether oxygens (including phenoxy) is 1. The van der Waals surface area contributed by atoms with Crippen LogP contribution in [0.3, 0.4) is 0 Å². The van der Waals surface area contributed by atoms with Gasteiger partial charge in [-0.1, -0.05) is 12.8 Å². The number of amides is 2. The molecular formula is C25H28FN3O3S. The maximum Gasteiger partial charge on any atom is 0.261 e. The zero-order valence-corrected chi connectivity index (χ0v) is 19.5. The van der Waals surface area contributed by atoms with Crippen LogP contribution in [0.5, 0.6) is 5.75 Å². The Hall–Kier alpha value is -3.00. The molecule has 1 N–H and O–H groups in total. The summed E-state index contributed by atoms with van der Waals surface area (Å²) in [5.74, 6) is 0.0393. The summed E-state index contributed by atoms with van der Waals surface area (Å²) in [4.78, 5) is 31.6. The summed E-state index contributed by atoms with van der Waals surface area (Å²) >= 11 is 1.46. The molecule has 4 rings (SSSR count). The number of aromatic nitrogens is 1. The number of unbranched alkanes of at least 4 members (excludes halogenated alkanes) is 1. The van der Waals surface area contributed by atoms with E-state index in [1.165, 1.54) is 30.6 Å². The van der Waals surface area contributed by atoms with E-state index in [4.69, 9.17) is 4.74 Å². The quantitative estimate of drug-likeness (QED) is 0.477. The van der Waals surface area contributed by atoms with Gasteiger partial charge < -0.3 is 15.0 Å². The predicted molar refractivity (Wildman–Crippen MR) is 127 cm³/mol. The molecule has 3 aromatic rings. The van der Waals surface area contributed by atoms with Gasteiger partial charge in [0, 0.05) is 37.6 Å². The Labute approximate surface area is 196 Å². The van der Waals surface area contributed by atoms with Crippen LogP contribution in [-0.2, 0) is 0 Å². The van der Waals surface area contributed by atoms with E-state index in [-0.39, 0.29) is 17.6 Å². The van der Waals surface area contributed by atoms with E-state index >= 15 is 0 Å². The highest BCUT2D eigenvalue weighted by atomic mass is 32.1. The van der Waals surface area contributed by atoms with E-state index in [9.17, 15) is 14.0 Å². The van der Waals surface area contributed by atoms with Crippen molar-refractivity contribution in [1.29, 1.82) is 0 Å². The number of nitrogens with zero attached hydrogens (tertiary/aromatic N) is 2. The third-order valence-electron chi connectivity index (χ3n) is 6.17. The lowest BCUT2D eigenvalue weighted by molar-refractivity contribution is 0.0685. The van der Waals surface area contributed by atoms with Gasteiger partial charge in [-0.25, -0.2) is 4.39 Å². The Balaban J connectivity index is 1.14. The number of thiophene rings is 1. The van der Waals surface area contributed by atoms with E-state index in [2.05, 4.69) is 10.3 Å². The average Bonchev–Trinajstić information content (AvgIpc) is 3.28. The van der Waals surface area contributed by atoms with Crippen LogP contribution in [0.2, 0.25) is 0 Å². The Kier molecular flexibility index (Phi) is 7.54. The van der Waals surface area contributed by atoms with Crippen molar-refractivity contribution < 1.29 is 18.7 Å². The van der Waals surface area contributed by atoms with Gasteiger partial charge in [0.05, 0.1) is 16.7 Å². The fourth-order valence-corrected chi connectivity index (χ4v) is 5.20. The molecule has 2 aromatic heterocycles. The Morgan fingerprint density at radius 1 is 1.21 bits per heavy atom. The molecule has 33 heavy (non-hydrogen) atoms. The van der Waals surface area contributed by atoms with Gasteiger partial charge in [-0.2, -0.15) is 0 Å². The summed E-state index contributed by atoms with van der Waals surface area (Å²) in [7, 11) is 1.40. The van der Waals surface area contributed by atoms with Gasteiger partial charge in [0.25, 0.3) is 11.8 Å². The summed E-state index contributed by atoms with van der Waals surface area (Å²) < 4.78 is 19.8. The van der Waals surface area contributed by atoms with Crippen molar-refractivity contribution in [3.8, 4) is 5.75 Å². The van der Waals surface area contributed by atoms with Crippen molar-refractivity contribution in [3.63, 3.8) is 0 Å². The predicted octanol–water partition coefficient (Wildman–Crippen LogP) is 4.90. The lowest BCUT2D eigenvalue weighted by Crippen LogP contribution is -2.38. The Morgan fingerprint density at radius 3 is 2.76 bits per heavy atom. The minimum Gasteiger partial charge on any atom is -0.494 e. The largest absolute Gasteiger partial charge is 0.494 e. The number of rotatable bonds is 8. The van der Waals surface area contributed by atoms with E-state index in [0.29, 0.717) is 36.0 Å². The van der Waals surface area contributed by atoms with Crippen molar-refractivity contribution in [2.24, 2.45) is 5.92 Å². The number of hydrogen-bond acceptors (Lipinski definition) is 5. The molecule has 0 radical (unpaired) electrons. The number of piperidine rings is 1. The maximum absolute atomic E-state index is 13.9. The fraction of sp³-hybridized carbons (Fsp3) is 0.400. The highest BCUT2D eigenvalue weighted by molar-refractivity contribution is 7.20. The van der Waals surface area contributed by atoms with Crippen molar-refractivity contribution in [2.45, 2.75) is 32.1 Å². The van der Waals surface area contributed by atoms with Gasteiger partial charge >= 0.3 is 0 Å². The number of carbonyl (C=O) groups is 2. The number of benzene rings is 1. The van der Waals surface area contributed by atoms with Gasteiger partial charge in [0.15, 0.2) is 11.6 Å². The van der Waals surface area contributed by atoms with Crippen molar-refractivity contribution in [1.82, 2.24) is 15.2 Å². The van der Waals surface area contributed by atoms with Gasteiger partial charge in [0.1, 0.15) is 0 Å². The van der Waals surface area contributed by atoms with Crippen molar-refractivity contribution in [2.75, 3.05) is 26.7 Å². The molecule has 174 valence electrons. The van der Waals surface area contributed by atoms with E-state index in [1.807, 2.05) is 12.1 Å². The smallest absolute Gasteiger partial charge is 0.261 e. The molecule has 6 nitrogen and oxygen atoms in total. The van der Waals surface area contributed by atoms with Gasteiger partial charge in [-0.05, 0) is 60.9 Å². The second-order valence-corrected chi connectivity index (χ2v) is 9.44. The average molecular weight is 470 g/mol. The second-order valence-electron chi connectivity index (χ2n) is 8.36. The minimum atomic E-state index is -0.519. The SMILES string of the molecule is COc1ccc(C(=O)N2CCC(CCCCNC(=O)c3cc4ccncc4s3)CC2)cc1F. The monoisotopic (exact) mass is 469 g/mol. The van der Waals surface area contributed by atoms with Crippen LogP contribution in [0, 0.1) is 11.7 Å². The van der Waals surface area contributed by atoms with Crippen LogP contribution >= 0.6 is 11.3 Å². The zero-order chi connectivity index (χ0) is 23.2. The first-order chi connectivity index (χ1) is 16.0. The van der Waals surface area contributed by atoms with Crippen LogP contribution in [0.4, 0.5) is 4.39 Å². The highest BCUT2D eigenvalue weighted by Gasteiger charge is 2.24. The molecule has 3 heterocycles. The standard InChI is InChI=1S/C25H28FN3O3S/c1-32-21-6-5-19(14-20(21)26)25(31)29-12-8-17(9-13-29)4-2-3-10-28-24(30)22-15-18-7-11-27-16-23(18)33-22/h5-7,11,14-17H,2-4,8-10,12-13H2,1H3,(H,28,30). The molecule has 1 aromatic carbocycles. The molecule has 1 aliphatic rings. The van der Waals surface area contributed by atoms with Crippen LogP contribution in [0.1, 0.15) is 52.1 Å². The first-order valence-electron chi connectivity index (χ1n) is 11.3. The number of halogens is 1. The molecule has 8 heteroatoms. The second kappa shape index (κ2) is 10.7. The van der Waals surface area contributed by atoms with Crippen molar-refractivity contribution >= 4 is 33.2 Å². The topological polar surface area (TPSA) is 71.5 Å². The lowest BCUT2D eigenvalue weighted by Gasteiger charge is -2.32. The molecule has 0 bridgehead atoms. The summed E-state index contributed by atoms with van der Waals surface area (Å²) in [5, 5.41) is 4.05. The van der Waals surface area contributed by atoms with Gasteiger partial charge in [-0.15, -0.1) is 11.3 Å². The lowest BCUT2D eigenvalue weighted by atomic mass is 9.91. The maximum atomic E-state index is 13.9. The summed E-state index contributed by atoms with van der Waals surface area (Å²) in [6, 6.07) is 8.17. The molecular weight excluding hydrogens is 441 g/mol. The molecule has 0 atom stereocenters. The molecule has 1 aliphatic heterocycles. The third-order valence-corrected chi connectivity index (χ3v) is 7.26. The van der Waals surface area contributed by atoms with E-state index < -0.39 is 5.82 Å².